The van der Waals surface area contributed by atoms with Gasteiger partial charge in [-0.1, -0.05) is 23.8 Å². The highest BCUT2D eigenvalue weighted by molar-refractivity contribution is 7.92. The predicted octanol–water partition coefficient (Wildman–Crippen LogP) is 4.45. The SMILES string of the molecule is Cc1ccc(S(=O)(=O)N(C)c2ccc(C(=O)NCC(c3cccs3)N3CCCC3)cc2)cc1. The van der Waals surface area contributed by atoms with Crippen molar-refractivity contribution in [2.75, 3.05) is 31.0 Å². The first-order valence-corrected chi connectivity index (χ1v) is 13.4. The van der Waals surface area contributed by atoms with E-state index in [1.54, 1.807) is 59.9 Å². The number of sulfonamides is 1. The third kappa shape index (κ3) is 5.29. The quantitative estimate of drug-likeness (QED) is 0.514. The molecule has 2 aromatic carbocycles. The molecule has 174 valence electrons. The Hall–Kier alpha value is -2.68. The summed E-state index contributed by atoms with van der Waals surface area (Å²) in [5.74, 6) is -0.161. The Bertz CT molecular complexity index is 1170. The van der Waals surface area contributed by atoms with Gasteiger partial charge in [0.25, 0.3) is 15.9 Å². The summed E-state index contributed by atoms with van der Waals surface area (Å²) in [6.45, 7) is 4.56. The number of anilines is 1. The molecule has 1 amide bonds. The average Bonchev–Trinajstić information content (AvgIpc) is 3.54. The van der Waals surface area contributed by atoms with Crippen LogP contribution in [-0.2, 0) is 10.0 Å². The van der Waals surface area contributed by atoms with Crippen LogP contribution in [0.2, 0.25) is 0 Å². The Morgan fingerprint density at radius 2 is 1.73 bits per heavy atom. The Kier molecular flexibility index (Phi) is 7.17. The van der Waals surface area contributed by atoms with Crippen LogP contribution >= 0.6 is 11.3 Å². The van der Waals surface area contributed by atoms with Crippen molar-refractivity contribution >= 4 is 33.0 Å². The molecule has 0 radical (unpaired) electrons. The van der Waals surface area contributed by atoms with Gasteiger partial charge in [0.1, 0.15) is 0 Å². The fourth-order valence-corrected chi connectivity index (χ4v) is 6.12. The van der Waals surface area contributed by atoms with Crippen molar-refractivity contribution in [2.45, 2.75) is 30.7 Å². The van der Waals surface area contributed by atoms with Crippen LogP contribution in [0.3, 0.4) is 0 Å². The van der Waals surface area contributed by atoms with Gasteiger partial charge in [0.05, 0.1) is 16.6 Å². The number of hydrogen-bond acceptors (Lipinski definition) is 5. The zero-order chi connectivity index (χ0) is 23.4. The number of nitrogens with zero attached hydrogens (tertiary/aromatic N) is 2. The number of carbonyl (C=O) groups excluding carboxylic acids is 1. The fourth-order valence-electron chi connectivity index (χ4n) is 4.07. The van der Waals surface area contributed by atoms with E-state index >= 15 is 0 Å². The Balaban J connectivity index is 1.43. The number of hydrogen-bond donors (Lipinski definition) is 1. The van der Waals surface area contributed by atoms with Crippen molar-refractivity contribution in [1.29, 1.82) is 0 Å². The van der Waals surface area contributed by atoms with Crippen molar-refractivity contribution in [2.24, 2.45) is 0 Å². The number of likely N-dealkylation sites (tertiary alicyclic amines) is 1. The zero-order valence-electron chi connectivity index (χ0n) is 18.9. The Morgan fingerprint density at radius 3 is 2.33 bits per heavy atom. The summed E-state index contributed by atoms with van der Waals surface area (Å²) < 4.78 is 27.1. The van der Waals surface area contributed by atoms with Crippen LogP contribution < -0.4 is 9.62 Å². The van der Waals surface area contributed by atoms with E-state index in [1.807, 2.05) is 13.0 Å². The van der Waals surface area contributed by atoms with Crippen LogP contribution in [0, 0.1) is 6.92 Å². The lowest BCUT2D eigenvalue weighted by Gasteiger charge is -2.27. The number of rotatable bonds is 8. The zero-order valence-corrected chi connectivity index (χ0v) is 20.5. The van der Waals surface area contributed by atoms with Gasteiger partial charge in [-0.2, -0.15) is 0 Å². The van der Waals surface area contributed by atoms with Crippen molar-refractivity contribution in [1.82, 2.24) is 10.2 Å². The van der Waals surface area contributed by atoms with Crippen molar-refractivity contribution in [3.05, 3.63) is 82.0 Å². The minimum absolute atomic E-state index is 0.161. The number of nitrogens with one attached hydrogen (secondary N) is 1. The van der Waals surface area contributed by atoms with Crippen LogP contribution in [0.1, 0.15) is 39.7 Å². The van der Waals surface area contributed by atoms with Gasteiger partial charge in [-0.15, -0.1) is 11.3 Å². The molecule has 3 aromatic rings. The molecule has 33 heavy (non-hydrogen) atoms. The number of thiophene rings is 1. The van der Waals surface area contributed by atoms with Crippen LogP contribution in [0.5, 0.6) is 0 Å². The number of benzene rings is 2. The van der Waals surface area contributed by atoms with Gasteiger partial charge in [-0.3, -0.25) is 14.0 Å². The molecule has 0 bridgehead atoms. The molecule has 1 aliphatic heterocycles. The molecule has 0 spiro atoms. The van der Waals surface area contributed by atoms with E-state index < -0.39 is 10.0 Å². The second-order valence-electron chi connectivity index (χ2n) is 8.32. The molecule has 1 aliphatic rings. The Labute approximate surface area is 199 Å². The van der Waals surface area contributed by atoms with Gasteiger partial charge in [-0.05, 0) is 80.7 Å². The third-order valence-corrected chi connectivity index (χ3v) is 8.85. The molecule has 1 fully saturated rings. The van der Waals surface area contributed by atoms with Gasteiger partial charge in [0.15, 0.2) is 0 Å². The lowest BCUT2D eigenvalue weighted by Crippen LogP contribution is -2.36. The van der Waals surface area contributed by atoms with E-state index in [1.165, 1.54) is 29.1 Å². The molecule has 2 heterocycles. The van der Waals surface area contributed by atoms with Crippen molar-refractivity contribution in [3.8, 4) is 0 Å². The molecule has 0 saturated carbocycles. The maximum Gasteiger partial charge on any atom is 0.264 e. The molecule has 1 N–H and O–H groups in total. The van der Waals surface area contributed by atoms with Crippen LogP contribution in [-0.4, -0.2) is 45.9 Å². The molecule has 1 unspecified atom stereocenters. The summed E-state index contributed by atoms with van der Waals surface area (Å²) in [4.78, 5) is 16.7. The number of carbonyl (C=O) groups is 1. The van der Waals surface area contributed by atoms with E-state index in [0.29, 0.717) is 17.8 Å². The summed E-state index contributed by atoms with van der Waals surface area (Å²) in [5, 5.41) is 5.14. The fraction of sp³-hybridized carbons (Fsp3) is 0.320. The molecule has 0 aliphatic carbocycles. The molecular formula is C25H29N3O3S2. The van der Waals surface area contributed by atoms with Crippen LogP contribution in [0.4, 0.5) is 5.69 Å². The predicted molar refractivity (Wildman–Crippen MR) is 133 cm³/mol. The second-order valence-corrected chi connectivity index (χ2v) is 11.3. The van der Waals surface area contributed by atoms with E-state index in [9.17, 15) is 13.2 Å². The minimum Gasteiger partial charge on any atom is -0.350 e. The first-order chi connectivity index (χ1) is 15.9. The lowest BCUT2D eigenvalue weighted by molar-refractivity contribution is 0.0938. The number of aryl methyl sites for hydroxylation is 1. The standard InChI is InChI=1S/C25H29N3O3S2/c1-19-7-13-22(14-8-19)33(30,31)27(2)21-11-9-20(10-12-21)25(29)26-18-23(24-6-5-17-32-24)28-15-3-4-16-28/h5-14,17,23H,3-4,15-16,18H2,1-2H3,(H,26,29). The van der Waals surface area contributed by atoms with Crippen LogP contribution in [0.25, 0.3) is 0 Å². The maximum absolute atomic E-state index is 12.9. The molecule has 1 atom stereocenters. The minimum atomic E-state index is -3.67. The largest absolute Gasteiger partial charge is 0.350 e. The van der Waals surface area contributed by atoms with Crippen molar-refractivity contribution in [3.63, 3.8) is 0 Å². The van der Waals surface area contributed by atoms with Gasteiger partial charge in [0, 0.05) is 24.0 Å². The molecule has 4 rings (SSSR count). The van der Waals surface area contributed by atoms with Gasteiger partial charge < -0.3 is 5.32 Å². The van der Waals surface area contributed by atoms with E-state index in [2.05, 4.69) is 21.7 Å². The summed E-state index contributed by atoms with van der Waals surface area (Å²) in [6, 6.07) is 17.8. The molecule has 8 heteroatoms. The molecule has 1 aromatic heterocycles. The average molecular weight is 484 g/mol. The Morgan fingerprint density at radius 1 is 1.06 bits per heavy atom. The normalized spacial score (nSPS) is 15.3. The second kappa shape index (κ2) is 10.1. The van der Waals surface area contributed by atoms with Gasteiger partial charge >= 0.3 is 0 Å². The highest BCUT2D eigenvalue weighted by Gasteiger charge is 2.25. The maximum atomic E-state index is 12.9. The molecular weight excluding hydrogens is 454 g/mol. The highest BCUT2D eigenvalue weighted by atomic mass is 32.2. The summed E-state index contributed by atoms with van der Waals surface area (Å²) in [7, 11) is -2.15. The molecule has 6 nitrogen and oxygen atoms in total. The monoisotopic (exact) mass is 483 g/mol. The smallest absolute Gasteiger partial charge is 0.264 e. The first-order valence-electron chi connectivity index (χ1n) is 11.1. The van der Waals surface area contributed by atoms with E-state index in [-0.39, 0.29) is 16.8 Å². The number of amides is 1. The van der Waals surface area contributed by atoms with E-state index in [0.717, 1.165) is 18.7 Å². The summed E-state index contributed by atoms with van der Waals surface area (Å²) in [5.41, 5.74) is 2.00. The summed E-state index contributed by atoms with van der Waals surface area (Å²) in [6.07, 6.45) is 2.38. The molecule has 1 saturated heterocycles. The van der Waals surface area contributed by atoms with Crippen molar-refractivity contribution < 1.29 is 13.2 Å². The summed E-state index contributed by atoms with van der Waals surface area (Å²) >= 11 is 1.72. The highest BCUT2D eigenvalue weighted by Crippen LogP contribution is 2.28. The van der Waals surface area contributed by atoms with E-state index in [4.69, 9.17) is 0 Å². The first kappa shape index (κ1) is 23.5. The lowest BCUT2D eigenvalue weighted by atomic mass is 10.1. The van der Waals surface area contributed by atoms with Gasteiger partial charge in [0.2, 0.25) is 0 Å². The third-order valence-electron chi connectivity index (χ3n) is 6.08. The van der Waals surface area contributed by atoms with Crippen LogP contribution in [0.15, 0.2) is 70.9 Å². The van der Waals surface area contributed by atoms with Gasteiger partial charge in [-0.25, -0.2) is 8.42 Å². The topological polar surface area (TPSA) is 69.7 Å².